The maximum atomic E-state index is 10.5. The average molecular weight is 527 g/mol. The largest absolute Gasteiger partial charge is 0.496 e. The zero-order valence-electron chi connectivity index (χ0n) is 18.2. The third-order valence-corrected chi connectivity index (χ3v) is 4.26. The maximum Gasteiger partial charge on any atom is 0.191 e. The molecular weight excluding hydrogens is 493 g/mol. The molecule has 0 aliphatic heterocycles. The van der Waals surface area contributed by atoms with Gasteiger partial charge in [-0.2, -0.15) is 0 Å². The van der Waals surface area contributed by atoms with Crippen molar-refractivity contribution in [1.82, 2.24) is 10.6 Å². The molecule has 0 saturated heterocycles. The number of para-hydroxylation sites is 1. The van der Waals surface area contributed by atoms with Crippen LogP contribution in [0.4, 0.5) is 0 Å². The van der Waals surface area contributed by atoms with Crippen molar-refractivity contribution >= 4 is 29.9 Å². The highest BCUT2D eigenvalue weighted by Crippen LogP contribution is 2.20. The number of methoxy groups -OCH3 is 1. The molecule has 0 aliphatic carbocycles. The predicted molar refractivity (Wildman–Crippen MR) is 133 cm³/mol. The fourth-order valence-electron chi connectivity index (χ4n) is 2.92. The summed E-state index contributed by atoms with van der Waals surface area (Å²) < 4.78 is 11.1. The first-order chi connectivity index (χ1) is 14.0. The molecule has 6 nitrogen and oxygen atoms in total. The van der Waals surface area contributed by atoms with Gasteiger partial charge in [0.15, 0.2) is 5.96 Å². The van der Waals surface area contributed by atoms with Crippen LogP contribution in [0.3, 0.4) is 0 Å². The van der Waals surface area contributed by atoms with E-state index in [9.17, 15) is 5.11 Å². The second-order valence-electron chi connectivity index (χ2n) is 6.96. The Balaban J connectivity index is 0.00000450. The molecule has 2 rings (SSSR count). The number of halogens is 1. The minimum Gasteiger partial charge on any atom is -0.496 e. The van der Waals surface area contributed by atoms with Crippen molar-refractivity contribution in [3.63, 3.8) is 0 Å². The third kappa shape index (κ3) is 8.79. The van der Waals surface area contributed by atoms with E-state index in [1.165, 1.54) is 0 Å². The van der Waals surface area contributed by atoms with Gasteiger partial charge in [0.1, 0.15) is 11.5 Å². The Hall–Kier alpha value is -2.00. The van der Waals surface area contributed by atoms with Gasteiger partial charge in [0.2, 0.25) is 0 Å². The summed E-state index contributed by atoms with van der Waals surface area (Å²) in [6, 6.07) is 15.5. The number of aliphatic hydroxyl groups is 1. The van der Waals surface area contributed by atoms with Gasteiger partial charge in [-0.3, -0.25) is 4.99 Å². The lowest BCUT2D eigenvalue weighted by Crippen LogP contribution is -2.38. The zero-order chi connectivity index (χ0) is 21.1. The molecule has 0 heterocycles. The number of aliphatic imine (C=N–C) groups is 1. The van der Waals surface area contributed by atoms with E-state index in [4.69, 9.17) is 9.47 Å². The van der Waals surface area contributed by atoms with E-state index in [0.717, 1.165) is 35.6 Å². The second-order valence-corrected chi connectivity index (χ2v) is 6.96. The average Bonchev–Trinajstić information content (AvgIpc) is 2.71. The van der Waals surface area contributed by atoms with Gasteiger partial charge in [0, 0.05) is 13.1 Å². The molecule has 0 aromatic heterocycles. The third-order valence-electron chi connectivity index (χ3n) is 4.26. The lowest BCUT2D eigenvalue weighted by molar-refractivity contribution is 0.185. The van der Waals surface area contributed by atoms with Gasteiger partial charge in [0.05, 0.1) is 25.9 Å². The smallest absolute Gasteiger partial charge is 0.191 e. The molecule has 0 radical (unpaired) electrons. The first-order valence-corrected chi connectivity index (χ1v) is 10.1. The Morgan fingerprint density at radius 1 is 1.10 bits per heavy atom. The fourth-order valence-corrected chi connectivity index (χ4v) is 2.92. The Labute approximate surface area is 197 Å². The van der Waals surface area contributed by atoms with Crippen molar-refractivity contribution in [2.45, 2.75) is 39.4 Å². The first-order valence-electron chi connectivity index (χ1n) is 10.1. The van der Waals surface area contributed by atoms with Gasteiger partial charge in [-0.15, -0.1) is 24.0 Å². The number of rotatable bonds is 10. The molecule has 1 unspecified atom stereocenters. The Morgan fingerprint density at radius 2 is 1.87 bits per heavy atom. The van der Waals surface area contributed by atoms with E-state index in [0.29, 0.717) is 12.5 Å². The molecular formula is C23H34IN3O3. The summed E-state index contributed by atoms with van der Waals surface area (Å²) in [6.45, 7) is 7.68. The van der Waals surface area contributed by atoms with E-state index in [-0.39, 0.29) is 36.6 Å². The fraction of sp³-hybridized carbons (Fsp3) is 0.435. The summed E-state index contributed by atoms with van der Waals surface area (Å²) in [6.07, 6.45) is 0.203. The summed E-state index contributed by atoms with van der Waals surface area (Å²) in [5, 5.41) is 17.1. The van der Waals surface area contributed by atoms with Gasteiger partial charge in [-0.25, -0.2) is 0 Å². The monoisotopic (exact) mass is 527 g/mol. The Kier molecular flexibility index (Phi) is 12.2. The number of guanidine groups is 1. The molecule has 0 fully saturated rings. The van der Waals surface area contributed by atoms with Crippen molar-refractivity contribution in [3.05, 3.63) is 59.7 Å². The quantitative estimate of drug-likeness (QED) is 0.248. The molecule has 0 bridgehead atoms. The minimum absolute atomic E-state index is 0. The molecule has 30 heavy (non-hydrogen) atoms. The normalized spacial score (nSPS) is 12.1. The van der Waals surface area contributed by atoms with Crippen LogP contribution in [0.2, 0.25) is 0 Å². The summed E-state index contributed by atoms with van der Waals surface area (Å²) in [4.78, 5) is 4.53. The number of benzene rings is 2. The molecule has 1 atom stereocenters. The molecule has 0 spiro atoms. The van der Waals surface area contributed by atoms with Crippen LogP contribution < -0.4 is 20.1 Å². The van der Waals surface area contributed by atoms with E-state index >= 15 is 0 Å². The molecule has 166 valence electrons. The summed E-state index contributed by atoms with van der Waals surface area (Å²) in [5.74, 6) is 2.31. The second kappa shape index (κ2) is 14.1. The van der Waals surface area contributed by atoms with Crippen molar-refractivity contribution < 1.29 is 14.6 Å². The van der Waals surface area contributed by atoms with Crippen molar-refractivity contribution in [1.29, 1.82) is 0 Å². The Morgan fingerprint density at radius 3 is 2.57 bits per heavy atom. The summed E-state index contributed by atoms with van der Waals surface area (Å²) in [7, 11) is 1.68. The number of hydrogen-bond donors (Lipinski definition) is 3. The number of aliphatic hydroxyl groups excluding tert-OH is 1. The number of nitrogens with one attached hydrogen (secondary N) is 2. The van der Waals surface area contributed by atoms with Crippen LogP contribution in [-0.4, -0.2) is 43.9 Å². The standard InChI is InChI=1S/C23H33N3O3.HI/c1-5-24-23(25-14-13-18-9-6-7-12-22(18)28-4)26-16-21(27)19-10-8-11-20(15-19)29-17(2)3;/h6-12,15,17,21,27H,5,13-14,16H2,1-4H3,(H2,24,25,26);1H. The molecule has 0 saturated carbocycles. The highest BCUT2D eigenvalue weighted by Gasteiger charge is 2.10. The van der Waals surface area contributed by atoms with Crippen molar-refractivity contribution in [2.24, 2.45) is 4.99 Å². The van der Waals surface area contributed by atoms with E-state index in [1.54, 1.807) is 7.11 Å². The molecule has 2 aromatic rings. The Bertz CT molecular complexity index is 784. The van der Waals surface area contributed by atoms with Gasteiger partial charge in [-0.05, 0) is 56.5 Å². The van der Waals surface area contributed by atoms with E-state index < -0.39 is 6.10 Å². The van der Waals surface area contributed by atoms with Gasteiger partial charge < -0.3 is 25.2 Å². The molecule has 7 heteroatoms. The topological polar surface area (TPSA) is 75.1 Å². The van der Waals surface area contributed by atoms with Crippen molar-refractivity contribution in [3.8, 4) is 11.5 Å². The lowest BCUT2D eigenvalue weighted by Gasteiger charge is -2.15. The zero-order valence-corrected chi connectivity index (χ0v) is 20.6. The van der Waals surface area contributed by atoms with E-state index in [2.05, 4.69) is 21.7 Å². The van der Waals surface area contributed by atoms with Gasteiger partial charge >= 0.3 is 0 Å². The highest BCUT2D eigenvalue weighted by molar-refractivity contribution is 14.0. The molecule has 3 N–H and O–H groups in total. The van der Waals surface area contributed by atoms with Crippen LogP contribution in [0.5, 0.6) is 11.5 Å². The highest BCUT2D eigenvalue weighted by atomic mass is 127. The van der Waals surface area contributed by atoms with Gasteiger partial charge in [-0.1, -0.05) is 30.3 Å². The minimum atomic E-state index is -0.699. The van der Waals surface area contributed by atoms with Gasteiger partial charge in [0.25, 0.3) is 0 Å². The molecule has 2 aromatic carbocycles. The maximum absolute atomic E-state index is 10.5. The van der Waals surface area contributed by atoms with Crippen LogP contribution in [0, 0.1) is 0 Å². The lowest BCUT2D eigenvalue weighted by atomic mass is 10.1. The number of hydrogen-bond acceptors (Lipinski definition) is 4. The molecule has 0 aliphatic rings. The van der Waals surface area contributed by atoms with Crippen LogP contribution >= 0.6 is 24.0 Å². The number of ether oxygens (including phenoxy) is 2. The van der Waals surface area contributed by atoms with Crippen LogP contribution in [0.15, 0.2) is 53.5 Å². The van der Waals surface area contributed by atoms with Crippen LogP contribution in [0.1, 0.15) is 38.0 Å². The molecule has 0 amide bonds. The van der Waals surface area contributed by atoms with Crippen molar-refractivity contribution in [2.75, 3.05) is 26.7 Å². The summed E-state index contributed by atoms with van der Waals surface area (Å²) in [5.41, 5.74) is 1.93. The predicted octanol–water partition coefficient (Wildman–Crippen LogP) is 3.93. The van der Waals surface area contributed by atoms with Crippen LogP contribution in [0.25, 0.3) is 0 Å². The number of nitrogens with zero attached hydrogens (tertiary/aromatic N) is 1. The summed E-state index contributed by atoms with van der Waals surface area (Å²) >= 11 is 0. The SMILES string of the molecule is CCNC(=NCC(O)c1cccc(OC(C)C)c1)NCCc1ccccc1OC.I. The van der Waals surface area contributed by atoms with Crippen LogP contribution in [-0.2, 0) is 6.42 Å². The first kappa shape index (κ1) is 26.0. The van der Waals surface area contributed by atoms with E-state index in [1.807, 2.05) is 63.2 Å².